The number of aromatic nitrogens is 4. The number of piperidine rings is 1. The zero-order valence-corrected chi connectivity index (χ0v) is 22.3. The number of tetrazole rings is 1. The fourth-order valence-electron chi connectivity index (χ4n) is 5.13. The van der Waals surface area contributed by atoms with Crippen LogP contribution in [0.4, 0.5) is 17.1 Å². The van der Waals surface area contributed by atoms with Gasteiger partial charge in [-0.05, 0) is 85.5 Å². The summed E-state index contributed by atoms with van der Waals surface area (Å²) in [7, 11) is 1.64. The highest BCUT2D eigenvalue weighted by Crippen LogP contribution is 2.49. The molecule has 3 heterocycles. The van der Waals surface area contributed by atoms with Gasteiger partial charge in [0.2, 0.25) is 0 Å². The van der Waals surface area contributed by atoms with E-state index in [0.29, 0.717) is 25.2 Å². The summed E-state index contributed by atoms with van der Waals surface area (Å²) in [6, 6.07) is 22.7. The van der Waals surface area contributed by atoms with Gasteiger partial charge in [-0.1, -0.05) is 23.9 Å². The number of nitrogens with zero attached hydrogens (tertiary/aromatic N) is 6. The maximum absolute atomic E-state index is 11.2. The second-order valence-corrected chi connectivity index (χ2v) is 10.8. The van der Waals surface area contributed by atoms with Crippen molar-refractivity contribution in [3.63, 3.8) is 0 Å². The number of benzene rings is 3. The quantitative estimate of drug-likeness (QED) is 0.332. The van der Waals surface area contributed by atoms with Gasteiger partial charge in [-0.25, -0.2) is 0 Å². The van der Waals surface area contributed by atoms with Crippen LogP contribution in [0.1, 0.15) is 31.5 Å². The predicted molar refractivity (Wildman–Crippen MR) is 150 cm³/mol. The molecule has 0 aliphatic carbocycles. The number of aryl methyl sites for hydroxylation is 1. The van der Waals surface area contributed by atoms with Crippen molar-refractivity contribution in [2.24, 2.45) is 0 Å². The SMILES string of the molecule is COc1ccc(-n2nnc(CCC(O)CN3c4ccccc4Sc4ccc(N5CCCCC5)cc43)n2)cc1. The smallest absolute Gasteiger partial charge is 0.175 e. The van der Waals surface area contributed by atoms with Gasteiger partial charge in [0, 0.05) is 41.5 Å². The van der Waals surface area contributed by atoms with Crippen LogP contribution < -0.4 is 14.5 Å². The van der Waals surface area contributed by atoms with Gasteiger partial charge in [0.05, 0.1) is 30.3 Å². The molecule has 2 aliphatic heterocycles. The van der Waals surface area contributed by atoms with Crippen molar-refractivity contribution in [2.45, 2.75) is 48.0 Å². The molecular weight excluding hydrogens is 496 g/mol. The van der Waals surface area contributed by atoms with E-state index in [4.69, 9.17) is 4.74 Å². The molecule has 1 unspecified atom stereocenters. The number of aliphatic hydroxyl groups excluding tert-OH is 1. The third-order valence-corrected chi connectivity index (χ3v) is 8.31. The average molecular weight is 529 g/mol. The molecule has 0 radical (unpaired) electrons. The monoisotopic (exact) mass is 528 g/mol. The summed E-state index contributed by atoms with van der Waals surface area (Å²) in [6.07, 6.45) is 4.34. The maximum atomic E-state index is 11.2. The Labute approximate surface area is 227 Å². The molecular formula is C29H32N6O2S. The highest BCUT2D eigenvalue weighted by Gasteiger charge is 2.26. The Balaban J connectivity index is 1.17. The van der Waals surface area contributed by atoms with Crippen LogP contribution in [-0.4, -0.2) is 58.2 Å². The number of anilines is 3. The second-order valence-electron chi connectivity index (χ2n) is 9.77. The van der Waals surface area contributed by atoms with E-state index < -0.39 is 6.10 Å². The molecule has 1 saturated heterocycles. The first-order valence-electron chi connectivity index (χ1n) is 13.2. The van der Waals surface area contributed by atoms with E-state index >= 15 is 0 Å². The van der Waals surface area contributed by atoms with Crippen LogP contribution in [0.25, 0.3) is 5.69 Å². The van der Waals surface area contributed by atoms with Crippen LogP contribution in [0.15, 0.2) is 76.5 Å². The first-order chi connectivity index (χ1) is 18.7. The molecule has 1 fully saturated rings. The molecule has 38 heavy (non-hydrogen) atoms. The van der Waals surface area contributed by atoms with Crippen molar-refractivity contribution >= 4 is 28.8 Å². The van der Waals surface area contributed by atoms with Gasteiger partial charge in [0.15, 0.2) is 5.82 Å². The Morgan fingerprint density at radius 3 is 2.50 bits per heavy atom. The summed E-state index contributed by atoms with van der Waals surface area (Å²) in [4.78, 5) is 8.71. The van der Waals surface area contributed by atoms with Crippen molar-refractivity contribution in [3.8, 4) is 11.4 Å². The molecule has 1 atom stereocenters. The Morgan fingerprint density at radius 1 is 0.921 bits per heavy atom. The minimum atomic E-state index is -0.550. The van der Waals surface area contributed by atoms with Crippen molar-refractivity contribution in [1.29, 1.82) is 0 Å². The molecule has 2 aliphatic rings. The highest BCUT2D eigenvalue weighted by atomic mass is 32.2. The Morgan fingerprint density at radius 2 is 1.68 bits per heavy atom. The van der Waals surface area contributed by atoms with E-state index in [0.717, 1.165) is 30.2 Å². The fourth-order valence-corrected chi connectivity index (χ4v) is 6.21. The van der Waals surface area contributed by atoms with Crippen LogP contribution in [0.3, 0.4) is 0 Å². The molecule has 0 saturated carbocycles. The van der Waals surface area contributed by atoms with Crippen molar-refractivity contribution in [3.05, 3.63) is 72.6 Å². The largest absolute Gasteiger partial charge is 0.497 e. The zero-order chi connectivity index (χ0) is 25.9. The predicted octanol–water partition coefficient (Wildman–Crippen LogP) is 5.26. The summed E-state index contributed by atoms with van der Waals surface area (Å²) in [5.41, 5.74) is 4.39. The minimum absolute atomic E-state index is 0.501. The number of hydrogen-bond acceptors (Lipinski definition) is 8. The number of para-hydroxylation sites is 1. The van der Waals surface area contributed by atoms with Gasteiger partial charge in [-0.2, -0.15) is 0 Å². The zero-order valence-electron chi connectivity index (χ0n) is 21.5. The Bertz CT molecular complexity index is 1390. The molecule has 0 bridgehead atoms. The lowest BCUT2D eigenvalue weighted by Crippen LogP contribution is -2.32. The third-order valence-electron chi connectivity index (χ3n) is 7.18. The molecule has 4 aromatic rings. The molecule has 8 nitrogen and oxygen atoms in total. The van der Waals surface area contributed by atoms with E-state index in [1.54, 1.807) is 18.9 Å². The lowest BCUT2D eigenvalue weighted by Gasteiger charge is -2.36. The van der Waals surface area contributed by atoms with Crippen molar-refractivity contribution < 1.29 is 9.84 Å². The number of hydrogen-bond donors (Lipinski definition) is 1. The van der Waals surface area contributed by atoms with Crippen LogP contribution in [0.2, 0.25) is 0 Å². The van der Waals surface area contributed by atoms with Gasteiger partial charge in [0.25, 0.3) is 0 Å². The van der Waals surface area contributed by atoms with E-state index in [9.17, 15) is 5.11 Å². The van der Waals surface area contributed by atoms with E-state index in [1.165, 1.54) is 45.2 Å². The van der Waals surface area contributed by atoms with Crippen molar-refractivity contribution in [2.75, 3.05) is 36.5 Å². The summed E-state index contributed by atoms with van der Waals surface area (Å²) in [6.45, 7) is 2.71. The lowest BCUT2D eigenvalue weighted by molar-refractivity contribution is 0.172. The van der Waals surface area contributed by atoms with Gasteiger partial charge < -0.3 is 19.6 Å². The molecule has 1 aromatic heterocycles. The topological polar surface area (TPSA) is 79.5 Å². The van der Waals surface area contributed by atoms with Gasteiger partial charge >= 0.3 is 0 Å². The summed E-state index contributed by atoms with van der Waals surface area (Å²) < 4.78 is 5.22. The van der Waals surface area contributed by atoms with E-state index in [2.05, 4.69) is 67.7 Å². The van der Waals surface area contributed by atoms with Crippen LogP contribution in [0, 0.1) is 0 Å². The molecule has 3 aromatic carbocycles. The fraction of sp³-hybridized carbons (Fsp3) is 0.345. The van der Waals surface area contributed by atoms with Crippen LogP contribution in [0.5, 0.6) is 5.75 Å². The normalized spacial score (nSPS) is 15.6. The summed E-state index contributed by atoms with van der Waals surface area (Å²) in [5.74, 6) is 1.39. The minimum Gasteiger partial charge on any atom is -0.497 e. The van der Waals surface area contributed by atoms with Crippen LogP contribution >= 0.6 is 11.8 Å². The number of β-amino-alcohol motifs (C(OH)–C–C–N with tert-alkyl or cyclic N) is 1. The van der Waals surface area contributed by atoms with Gasteiger partial charge in [-0.3, -0.25) is 0 Å². The number of rotatable bonds is 8. The van der Waals surface area contributed by atoms with Gasteiger partial charge in [-0.15, -0.1) is 15.0 Å². The summed E-state index contributed by atoms with van der Waals surface area (Å²) >= 11 is 1.80. The number of fused-ring (bicyclic) bond motifs is 2. The second kappa shape index (κ2) is 11.0. The molecule has 1 N–H and O–H groups in total. The van der Waals surface area contributed by atoms with Gasteiger partial charge in [0.1, 0.15) is 5.75 Å². The Kier molecular flexibility index (Phi) is 7.20. The molecule has 9 heteroatoms. The highest BCUT2D eigenvalue weighted by molar-refractivity contribution is 7.99. The van der Waals surface area contributed by atoms with E-state index in [1.807, 2.05) is 24.3 Å². The Hall–Kier alpha value is -3.56. The maximum Gasteiger partial charge on any atom is 0.175 e. The first-order valence-corrected chi connectivity index (χ1v) is 14.0. The molecule has 196 valence electrons. The summed E-state index contributed by atoms with van der Waals surface area (Å²) in [5, 5.41) is 24.1. The van der Waals surface area contributed by atoms with E-state index in [-0.39, 0.29) is 0 Å². The number of methoxy groups -OCH3 is 1. The molecule has 0 spiro atoms. The third kappa shape index (κ3) is 5.21. The average Bonchev–Trinajstić information content (AvgIpc) is 3.45. The van der Waals surface area contributed by atoms with Crippen LogP contribution in [-0.2, 0) is 6.42 Å². The molecule has 6 rings (SSSR count). The van der Waals surface area contributed by atoms with Crippen molar-refractivity contribution in [1.82, 2.24) is 20.2 Å². The lowest BCUT2D eigenvalue weighted by atomic mass is 10.1. The first kappa shape index (κ1) is 24.8. The number of ether oxygens (including phenoxy) is 1. The molecule has 0 amide bonds. The number of aliphatic hydroxyl groups is 1. The standard InChI is InChI=1S/C29H32N6O2S/c1-37-24-13-9-21(10-14-24)35-31-29(30-32-35)16-12-23(36)20-34-25-7-3-4-8-27(25)38-28-15-11-22(19-26(28)34)33-17-5-2-6-18-33/h3-4,7-11,13-15,19,23,36H,2,5-6,12,16-18,20H2,1H3.